The molecule has 2 amide bonds. The molecule has 1 saturated heterocycles. The Balaban J connectivity index is 1.67. The molecule has 6 heteroatoms. The zero-order chi connectivity index (χ0) is 15.7. The Labute approximate surface area is 128 Å². The molecule has 0 saturated carbocycles. The number of aryl methyl sites for hydroxylation is 1. The molecule has 2 aromatic heterocycles. The van der Waals surface area contributed by atoms with Crippen molar-refractivity contribution in [2.75, 3.05) is 19.6 Å². The highest BCUT2D eigenvalue weighted by Crippen LogP contribution is 2.17. The number of aromatic nitrogens is 1. The molecule has 1 N–H and O–H groups in total. The highest BCUT2D eigenvalue weighted by atomic mass is 16.3. The van der Waals surface area contributed by atoms with Gasteiger partial charge in [-0.05, 0) is 32.0 Å². The molecule has 1 aliphatic rings. The summed E-state index contributed by atoms with van der Waals surface area (Å²) in [6.45, 7) is 5.42. The van der Waals surface area contributed by atoms with E-state index in [1.165, 1.54) is 6.26 Å². The zero-order valence-corrected chi connectivity index (χ0v) is 12.7. The van der Waals surface area contributed by atoms with Crippen LogP contribution in [0.2, 0.25) is 0 Å². The van der Waals surface area contributed by atoms with Gasteiger partial charge in [0, 0.05) is 37.6 Å². The number of nitrogens with one attached hydrogen (secondary N) is 1. The fourth-order valence-electron chi connectivity index (χ4n) is 2.80. The second-order valence-corrected chi connectivity index (χ2v) is 5.65. The Bertz CT molecular complexity index is 675. The topological polar surface area (TPSA) is 69.6 Å². The molecule has 0 radical (unpaired) electrons. The first-order valence-corrected chi connectivity index (χ1v) is 7.35. The van der Waals surface area contributed by atoms with Crippen LogP contribution in [0.1, 0.15) is 33.5 Å². The third kappa shape index (κ3) is 2.64. The fourth-order valence-corrected chi connectivity index (χ4v) is 2.80. The van der Waals surface area contributed by atoms with Gasteiger partial charge in [0.1, 0.15) is 0 Å². The van der Waals surface area contributed by atoms with E-state index < -0.39 is 0 Å². The van der Waals surface area contributed by atoms with Crippen molar-refractivity contribution in [2.24, 2.45) is 0 Å². The quantitative estimate of drug-likeness (QED) is 0.921. The number of carbonyl (C=O) groups excluding carboxylic acids is 2. The molecule has 1 fully saturated rings. The molecule has 0 aliphatic carbocycles. The van der Waals surface area contributed by atoms with E-state index in [1.54, 1.807) is 23.2 Å². The van der Waals surface area contributed by atoms with Gasteiger partial charge < -0.3 is 19.2 Å². The Morgan fingerprint density at radius 2 is 2.14 bits per heavy atom. The maximum absolute atomic E-state index is 12.5. The number of H-pyrrole nitrogens is 1. The number of hydrogen-bond donors (Lipinski definition) is 1. The minimum absolute atomic E-state index is 0.00180. The van der Waals surface area contributed by atoms with E-state index in [1.807, 2.05) is 24.8 Å². The van der Waals surface area contributed by atoms with E-state index in [0.29, 0.717) is 31.0 Å². The molecular formula is C16H19N3O3. The van der Waals surface area contributed by atoms with Gasteiger partial charge in [0.25, 0.3) is 11.8 Å². The van der Waals surface area contributed by atoms with Crippen molar-refractivity contribution in [3.63, 3.8) is 0 Å². The summed E-state index contributed by atoms with van der Waals surface area (Å²) >= 11 is 0. The van der Waals surface area contributed by atoms with Crippen LogP contribution in [0, 0.1) is 6.92 Å². The maximum atomic E-state index is 12.5. The molecule has 0 spiro atoms. The molecule has 1 aliphatic heterocycles. The van der Waals surface area contributed by atoms with Gasteiger partial charge in [-0.1, -0.05) is 0 Å². The highest BCUT2D eigenvalue weighted by Gasteiger charge is 2.31. The third-order valence-electron chi connectivity index (χ3n) is 3.98. The predicted octanol–water partition coefficient (Wildman–Crippen LogP) is 1.90. The molecule has 3 rings (SSSR count). The van der Waals surface area contributed by atoms with Gasteiger partial charge >= 0.3 is 0 Å². The Morgan fingerprint density at radius 3 is 2.73 bits per heavy atom. The molecule has 0 bridgehead atoms. The number of nitrogens with zero attached hydrogens (tertiary/aromatic N) is 2. The van der Waals surface area contributed by atoms with Crippen molar-refractivity contribution in [3.05, 3.63) is 47.7 Å². The lowest BCUT2D eigenvalue weighted by Gasteiger charge is -2.39. The second kappa shape index (κ2) is 5.71. The van der Waals surface area contributed by atoms with Crippen LogP contribution in [-0.4, -0.2) is 52.3 Å². The fraction of sp³-hybridized carbons (Fsp3) is 0.375. The SMILES string of the molecule is Cc1cc(C(=O)N2CCN(C(=O)c3ccco3)CC2C)c[nH]1. The van der Waals surface area contributed by atoms with E-state index in [4.69, 9.17) is 4.42 Å². The van der Waals surface area contributed by atoms with Crippen molar-refractivity contribution in [3.8, 4) is 0 Å². The minimum Gasteiger partial charge on any atom is -0.459 e. The lowest BCUT2D eigenvalue weighted by atomic mass is 10.1. The van der Waals surface area contributed by atoms with Gasteiger partial charge in [-0.2, -0.15) is 0 Å². The standard InChI is InChI=1S/C16H19N3O3/c1-11-8-13(9-17-11)15(20)19-6-5-18(10-12(19)2)16(21)14-4-3-7-22-14/h3-4,7-9,12,17H,5-6,10H2,1-2H3. The van der Waals surface area contributed by atoms with Gasteiger partial charge in [0.2, 0.25) is 0 Å². The van der Waals surface area contributed by atoms with Gasteiger partial charge in [-0.3, -0.25) is 9.59 Å². The third-order valence-corrected chi connectivity index (χ3v) is 3.98. The summed E-state index contributed by atoms with van der Waals surface area (Å²) in [7, 11) is 0. The van der Waals surface area contributed by atoms with Crippen LogP contribution in [0.3, 0.4) is 0 Å². The van der Waals surface area contributed by atoms with Gasteiger partial charge in [-0.25, -0.2) is 0 Å². The number of aromatic amines is 1. The van der Waals surface area contributed by atoms with Crippen LogP contribution in [0.4, 0.5) is 0 Å². The summed E-state index contributed by atoms with van der Waals surface area (Å²) in [6.07, 6.45) is 3.22. The van der Waals surface area contributed by atoms with Crippen LogP contribution in [-0.2, 0) is 0 Å². The average Bonchev–Trinajstić information content (AvgIpc) is 3.17. The van der Waals surface area contributed by atoms with Crippen LogP contribution >= 0.6 is 0 Å². The van der Waals surface area contributed by atoms with Crippen LogP contribution in [0.15, 0.2) is 35.1 Å². The Morgan fingerprint density at radius 1 is 1.32 bits per heavy atom. The van der Waals surface area contributed by atoms with Gasteiger partial charge in [0.15, 0.2) is 5.76 Å². The smallest absolute Gasteiger partial charge is 0.289 e. The van der Waals surface area contributed by atoms with Gasteiger partial charge in [-0.15, -0.1) is 0 Å². The van der Waals surface area contributed by atoms with E-state index in [0.717, 1.165) is 5.69 Å². The Hall–Kier alpha value is -2.50. The summed E-state index contributed by atoms with van der Waals surface area (Å²) < 4.78 is 5.15. The largest absolute Gasteiger partial charge is 0.459 e. The summed E-state index contributed by atoms with van der Waals surface area (Å²) in [5, 5.41) is 0. The number of hydrogen-bond acceptors (Lipinski definition) is 3. The normalized spacial score (nSPS) is 18.5. The summed E-state index contributed by atoms with van der Waals surface area (Å²) in [5.74, 6) is 0.219. The number of piperazine rings is 1. The molecule has 1 atom stereocenters. The molecule has 1 unspecified atom stereocenters. The first-order chi connectivity index (χ1) is 10.6. The maximum Gasteiger partial charge on any atom is 0.289 e. The number of amides is 2. The lowest BCUT2D eigenvalue weighted by Crippen LogP contribution is -2.55. The molecule has 0 aromatic carbocycles. The van der Waals surface area contributed by atoms with Crippen LogP contribution < -0.4 is 0 Å². The lowest BCUT2D eigenvalue weighted by molar-refractivity contribution is 0.0399. The average molecular weight is 301 g/mol. The van der Waals surface area contributed by atoms with Crippen molar-refractivity contribution in [2.45, 2.75) is 19.9 Å². The highest BCUT2D eigenvalue weighted by molar-refractivity contribution is 5.95. The summed E-state index contributed by atoms with van der Waals surface area (Å²) in [6, 6.07) is 5.17. The number of furan rings is 1. The van der Waals surface area contributed by atoms with Crippen molar-refractivity contribution >= 4 is 11.8 Å². The summed E-state index contributed by atoms with van der Waals surface area (Å²) in [5.41, 5.74) is 1.62. The predicted molar refractivity (Wildman–Crippen MR) is 80.6 cm³/mol. The van der Waals surface area contributed by atoms with Crippen LogP contribution in [0.5, 0.6) is 0 Å². The second-order valence-electron chi connectivity index (χ2n) is 5.65. The van der Waals surface area contributed by atoms with E-state index in [2.05, 4.69) is 4.98 Å². The van der Waals surface area contributed by atoms with Crippen molar-refractivity contribution in [1.29, 1.82) is 0 Å². The number of rotatable bonds is 2. The Kier molecular flexibility index (Phi) is 3.75. The molecule has 2 aromatic rings. The molecule has 6 nitrogen and oxygen atoms in total. The molecular weight excluding hydrogens is 282 g/mol. The first kappa shape index (κ1) is 14.4. The molecule has 22 heavy (non-hydrogen) atoms. The minimum atomic E-state index is -0.124. The van der Waals surface area contributed by atoms with E-state index in [9.17, 15) is 9.59 Å². The van der Waals surface area contributed by atoms with E-state index >= 15 is 0 Å². The van der Waals surface area contributed by atoms with E-state index in [-0.39, 0.29) is 17.9 Å². The molecule has 3 heterocycles. The zero-order valence-electron chi connectivity index (χ0n) is 12.7. The van der Waals surface area contributed by atoms with Gasteiger partial charge in [0.05, 0.1) is 11.8 Å². The van der Waals surface area contributed by atoms with Crippen molar-refractivity contribution in [1.82, 2.24) is 14.8 Å². The van der Waals surface area contributed by atoms with Crippen LogP contribution in [0.25, 0.3) is 0 Å². The summed E-state index contributed by atoms with van der Waals surface area (Å²) in [4.78, 5) is 31.4. The first-order valence-electron chi connectivity index (χ1n) is 7.35. The van der Waals surface area contributed by atoms with Crippen molar-refractivity contribution < 1.29 is 14.0 Å². The molecule has 116 valence electrons. The number of carbonyl (C=O) groups is 2. The monoisotopic (exact) mass is 301 g/mol.